The number of hydrogen-bond acceptors (Lipinski definition) is 5. The maximum absolute atomic E-state index is 12.5. The fourth-order valence-corrected chi connectivity index (χ4v) is 4.03. The first-order valence-electron chi connectivity index (χ1n) is 10.2. The number of anilines is 2. The Hall–Kier alpha value is -2.44. The lowest BCUT2D eigenvalue weighted by Gasteiger charge is -2.21. The molecule has 1 aliphatic carbocycles. The van der Waals surface area contributed by atoms with Crippen molar-refractivity contribution in [1.29, 1.82) is 0 Å². The van der Waals surface area contributed by atoms with Crippen molar-refractivity contribution in [1.82, 2.24) is 19.7 Å². The standard InChI is InChI=1S/C20H28N6O/c27-19(23-20-22-15-26(24-20)17-8-4-3-5-9-17)16-10-11-18(21-14-16)25-12-6-1-2-7-13-25/h10-11,14-15,17H,1-9,12-13H2,(H,23,24,27). The van der Waals surface area contributed by atoms with Gasteiger partial charge in [0, 0.05) is 19.3 Å². The van der Waals surface area contributed by atoms with Crippen molar-refractivity contribution >= 4 is 17.7 Å². The molecule has 27 heavy (non-hydrogen) atoms. The Morgan fingerprint density at radius 2 is 1.70 bits per heavy atom. The first-order chi connectivity index (χ1) is 13.3. The average molecular weight is 368 g/mol. The van der Waals surface area contributed by atoms with E-state index >= 15 is 0 Å². The number of hydrogen-bond donors (Lipinski definition) is 1. The first-order valence-corrected chi connectivity index (χ1v) is 10.2. The third-order valence-corrected chi connectivity index (χ3v) is 5.62. The molecule has 1 amide bonds. The molecule has 2 fully saturated rings. The highest BCUT2D eigenvalue weighted by Gasteiger charge is 2.18. The number of pyridine rings is 1. The van der Waals surface area contributed by atoms with E-state index in [0.717, 1.165) is 31.7 Å². The van der Waals surface area contributed by atoms with E-state index in [2.05, 4.69) is 25.3 Å². The third kappa shape index (κ3) is 4.46. The molecule has 2 aliphatic rings. The van der Waals surface area contributed by atoms with Crippen molar-refractivity contribution in [2.75, 3.05) is 23.3 Å². The van der Waals surface area contributed by atoms with E-state index in [4.69, 9.17) is 0 Å². The maximum atomic E-state index is 12.5. The van der Waals surface area contributed by atoms with Crippen molar-refractivity contribution in [3.63, 3.8) is 0 Å². The van der Waals surface area contributed by atoms with Gasteiger partial charge in [-0.3, -0.25) is 10.1 Å². The summed E-state index contributed by atoms with van der Waals surface area (Å²) in [5.41, 5.74) is 0.530. The highest BCUT2D eigenvalue weighted by molar-refractivity contribution is 6.03. The molecule has 0 unspecified atom stereocenters. The molecule has 4 rings (SSSR count). The second kappa shape index (κ2) is 8.50. The van der Waals surface area contributed by atoms with Gasteiger partial charge in [0.1, 0.15) is 12.1 Å². The second-order valence-electron chi connectivity index (χ2n) is 7.60. The van der Waals surface area contributed by atoms with Crippen molar-refractivity contribution in [2.24, 2.45) is 0 Å². The van der Waals surface area contributed by atoms with E-state index in [1.54, 1.807) is 12.5 Å². The Morgan fingerprint density at radius 1 is 0.963 bits per heavy atom. The first kappa shape index (κ1) is 17.9. The van der Waals surface area contributed by atoms with Gasteiger partial charge in [-0.25, -0.2) is 14.6 Å². The lowest BCUT2D eigenvalue weighted by atomic mass is 9.96. The highest BCUT2D eigenvalue weighted by atomic mass is 16.1. The van der Waals surface area contributed by atoms with Crippen molar-refractivity contribution < 1.29 is 4.79 Å². The van der Waals surface area contributed by atoms with Crippen LogP contribution in [0.5, 0.6) is 0 Å². The van der Waals surface area contributed by atoms with Gasteiger partial charge in [0.05, 0.1) is 11.6 Å². The summed E-state index contributed by atoms with van der Waals surface area (Å²) in [7, 11) is 0. The Kier molecular flexibility index (Phi) is 5.65. The van der Waals surface area contributed by atoms with Crippen molar-refractivity contribution in [3.05, 3.63) is 30.2 Å². The summed E-state index contributed by atoms with van der Waals surface area (Å²) in [5.74, 6) is 1.10. The summed E-state index contributed by atoms with van der Waals surface area (Å²) in [6.07, 6.45) is 14.4. The molecule has 7 nitrogen and oxygen atoms in total. The molecule has 0 bridgehead atoms. The zero-order valence-corrected chi connectivity index (χ0v) is 15.8. The van der Waals surface area contributed by atoms with E-state index < -0.39 is 0 Å². The van der Waals surface area contributed by atoms with E-state index in [1.807, 2.05) is 16.8 Å². The van der Waals surface area contributed by atoms with Gasteiger partial charge < -0.3 is 4.90 Å². The van der Waals surface area contributed by atoms with Gasteiger partial charge in [0.25, 0.3) is 5.91 Å². The topological polar surface area (TPSA) is 75.9 Å². The van der Waals surface area contributed by atoms with Gasteiger partial charge >= 0.3 is 0 Å². The Morgan fingerprint density at radius 3 is 2.41 bits per heavy atom. The zero-order valence-electron chi connectivity index (χ0n) is 15.8. The summed E-state index contributed by atoms with van der Waals surface area (Å²) in [4.78, 5) is 23.5. The van der Waals surface area contributed by atoms with Gasteiger partial charge in [0.15, 0.2) is 0 Å². The predicted octanol–water partition coefficient (Wildman–Crippen LogP) is 3.81. The smallest absolute Gasteiger partial charge is 0.259 e. The van der Waals surface area contributed by atoms with Crippen LogP contribution in [-0.2, 0) is 0 Å². The summed E-state index contributed by atoms with van der Waals surface area (Å²) >= 11 is 0. The fraction of sp³-hybridized carbons (Fsp3) is 0.600. The quantitative estimate of drug-likeness (QED) is 0.888. The SMILES string of the molecule is O=C(Nc1ncn(C2CCCCC2)n1)c1ccc(N2CCCCCC2)nc1. The molecule has 0 spiro atoms. The van der Waals surface area contributed by atoms with Crippen LogP contribution < -0.4 is 10.2 Å². The van der Waals surface area contributed by atoms with Gasteiger partial charge in [-0.05, 0) is 37.8 Å². The molecule has 1 aliphatic heterocycles. The van der Waals surface area contributed by atoms with Gasteiger partial charge in [-0.15, -0.1) is 5.10 Å². The third-order valence-electron chi connectivity index (χ3n) is 5.62. The lowest BCUT2D eigenvalue weighted by Crippen LogP contribution is -2.25. The minimum absolute atomic E-state index is 0.216. The van der Waals surface area contributed by atoms with Crippen LogP contribution in [0.4, 0.5) is 11.8 Å². The largest absolute Gasteiger partial charge is 0.357 e. The molecular formula is C20H28N6O. The summed E-state index contributed by atoms with van der Waals surface area (Å²) in [6, 6.07) is 4.18. The monoisotopic (exact) mass is 368 g/mol. The van der Waals surface area contributed by atoms with Crippen LogP contribution in [0.25, 0.3) is 0 Å². The molecule has 1 saturated heterocycles. The number of carbonyl (C=O) groups is 1. The highest BCUT2D eigenvalue weighted by Crippen LogP contribution is 2.27. The number of nitrogens with zero attached hydrogens (tertiary/aromatic N) is 5. The molecule has 0 aromatic carbocycles. The minimum atomic E-state index is -0.216. The van der Waals surface area contributed by atoms with E-state index in [-0.39, 0.29) is 5.91 Å². The van der Waals surface area contributed by atoms with Gasteiger partial charge in [0.2, 0.25) is 5.95 Å². The van der Waals surface area contributed by atoms with E-state index in [1.165, 1.54) is 44.9 Å². The van der Waals surface area contributed by atoms with Crippen LogP contribution in [0.3, 0.4) is 0 Å². The summed E-state index contributed by atoms with van der Waals surface area (Å²) in [6.45, 7) is 2.09. The summed E-state index contributed by atoms with van der Waals surface area (Å²) < 4.78 is 1.90. The molecule has 0 atom stereocenters. The molecule has 2 aromatic rings. The molecule has 3 heterocycles. The molecule has 1 N–H and O–H groups in total. The van der Waals surface area contributed by atoms with Crippen LogP contribution in [-0.4, -0.2) is 38.7 Å². The number of aromatic nitrogens is 4. The van der Waals surface area contributed by atoms with E-state index in [0.29, 0.717) is 17.6 Å². The number of nitrogens with one attached hydrogen (secondary N) is 1. The van der Waals surface area contributed by atoms with Crippen LogP contribution in [0.1, 0.15) is 74.2 Å². The number of carbonyl (C=O) groups excluding carboxylic acids is 1. The average Bonchev–Trinajstić information content (AvgIpc) is 3.01. The predicted molar refractivity (Wildman–Crippen MR) is 105 cm³/mol. The van der Waals surface area contributed by atoms with Crippen LogP contribution >= 0.6 is 0 Å². The van der Waals surface area contributed by atoms with E-state index in [9.17, 15) is 4.79 Å². The summed E-state index contributed by atoms with van der Waals surface area (Å²) in [5, 5.41) is 7.24. The second-order valence-corrected chi connectivity index (χ2v) is 7.60. The lowest BCUT2D eigenvalue weighted by molar-refractivity contribution is 0.102. The van der Waals surface area contributed by atoms with Gasteiger partial charge in [-0.1, -0.05) is 32.1 Å². The number of amides is 1. The van der Waals surface area contributed by atoms with Crippen molar-refractivity contribution in [2.45, 2.75) is 63.8 Å². The molecular weight excluding hydrogens is 340 g/mol. The van der Waals surface area contributed by atoms with Crippen LogP contribution in [0.15, 0.2) is 24.7 Å². The van der Waals surface area contributed by atoms with Crippen LogP contribution in [0, 0.1) is 0 Å². The Balaban J connectivity index is 1.37. The van der Waals surface area contributed by atoms with Crippen molar-refractivity contribution in [3.8, 4) is 0 Å². The molecule has 0 radical (unpaired) electrons. The minimum Gasteiger partial charge on any atom is -0.357 e. The van der Waals surface area contributed by atoms with Gasteiger partial charge in [-0.2, -0.15) is 0 Å². The van der Waals surface area contributed by atoms with Crippen LogP contribution in [0.2, 0.25) is 0 Å². The Bertz CT molecular complexity index is 742. The Labute approximate surface area is 160 Å². The maximum Gasteiger partial charge on any atom is 0.259 e. The molecule has 7 heteroatoms. The molecule has 144 valence electrons. The zero-order chi connectivity index (χ0) is 18.5. The normalized spacial score (nSPS) is 18.9. The molecule has 1 saturated carbocycles. The molecule has 2 aromatic heterocycles. The fourth-order valence-electron chi connectivity index (χ4n) is 4.03. The number of rotatable bonds is 4.